The molecule has 0 unspecified atom stereocenters. The van der Waals surface area contributed by atoms with Crippen LogP contribution in [0.3, 0.4) is 0 Å². The lowest BCUT2D eigenvalue weighted by molar-refractivity contribution is -0.119. The summed E-state index contributed by atoms with van der Waals surface area (Å²) >= 11 is 4.67. The van der Waals surface area contributed by atoms with Crippen molar-refractivity contribution in [2.75, 3.05) is 6.61 Å². The molecular formula is C19H13BrN4O3S. The molecule has 0 saturated carbocycles. The fourth-order valence-corrected chi connectivity index (χ4v) is 3.69. The van der Waals surface area contributed by atoms with Crippen LogP contribution in [0.2, 0.25) is 0 Å². The van der Waals surface area contributed by atoms with E-state index in [1.807, 2.05) is 24.3 Å². The van der Waals surface area contributed by atoms with Crippen molar-refractivity contribution in [3.63, 3.8) is 0 Å². The van der Waals surface area contributed by atoms with Crippen LogP contribution in [0.4, 0.5) is 0 Å². The van der Waals surface area contributed by atoms with Crippen molar-refractivity contribution in [1.29, 1.82) is 0 Å². The molecule has 0 fully saturated rings. The Balaban J connectivity index is 1.63. The van der Waals surface area contributed by atoms with Gasteiger partial charge in [0.2, 0.25) is 4.96 Å². The molecule has 2 heterocycles. The summed E-state index contributed by atoms with van der Waals surface area (Å²) in [6, 6.07) is 14.6. The van der Waals surface area contributed by atoms with Crippen molar-refractivity contribution in [3.8, 4) is 17.1 Å². The van der Waals surface area contributed by atoms with E-state index in [2.05, 4.69) is 26.0 Å². The van der Waals surface area contributed by atoms with Crippen LogP contribution >= 0.6 is 27.3 Å². The number of halogens is 1. The van der Waals surface area contributed by atoms with Crippen molar-refractivity contribution in [2.45, 2.75) is 0 Å². The fourth-order valence-electron chi connectivity index (χ4n) is 2.52. The maximum Gasteiger partial charge on any atom is 0.291 e. The predicted molar refractivity (Wildman–Crippen MR) is 110 cm³/mol. The molecule has 0 atom stereocenters. The number of benzene rings is 2. The molecule has 9 heteroatoms. The molecule has 2 aromatic carbocycles. The van der Waals surface area contributed by atoms with E-state index in [4.69, 9.17) is 10.5 Å². The Bertz CT molecular complexity index is 1260. The predicted octanol–water partition coefficient (Wildman–Crippen LogP) is 1.99. The number of ether oxygens (including phenoxy) is 1. The fraction of sp³-hybridized carbons (Fsp3) is 0.0526. The molecule has 1 amide bonds. The van der Waals surface area contributed by atoms with E-state index in [1.165, 1.54) is 15.9 Å². The van der Waals surface area contributed by atoms with Gasteiger partial charge in [0, 0.05) is 10.0 Å². The molecule has 7 nitrogen and oxygen atoms in total. The van der Waals surface area contributed by atoms with Crippen molar-refractivity contribution in [2.24, 2.45) is 5.73 Å². The van der Waals surface area contributed by atoms with Gasteiger partial charge in [-0.25, -0.2) is 0 Å². The van der Waals surface area contributed by atoms with E-state index < -0.39 is 5.91 Å². The molecule has 140 valence electrons. The molecule has 28 heavy (non-hydrogen) atoms. The topological polar surface area (TPSA) is 99.6 Å². The number of hydrogen-bond acceptors (Lipinski definition) is 6. The normalized spacial score (nSPS) is 11.8. The van der Waals surface area contributed by atoms with Gasteiger partial charge in [-0.1, -0.05) is 51.5 Å². The highest BCUT2D eigenvalue weighted by Crippen LogP contribution is 2.19. The Morgan fingerprint density at radius 1 is 1.18 bits per heavy atom. The molecule has 0 bridgehead atoms. The zero-order valence-corrected chi connectivity index (χ0v) is 16.7. The average molecular weight is 457 g/mol. The van der Waals surface area contributed by atoms with Gasteiger partial charge in [0.1, 0.15) is 5.75 Å². The highest BCUT2D eigenvalue weighted by atomic mass is 79.9. The summed E-state index contributed by atoms with van der Waals surface area (Å²) < 4.78 is 8.03. The van der Waals surface area contributed by atoms with Crippen LogP contribution in [0.5, 0.6) is 5.75 Å². The van der Waals surface area contributed by atoms with Crippen molar-refractivity contribution in [1.82, 2.24) is 14.6 Å². The Morgan fingerprint density at radius 3 is 2.54 bits per heavy atom. The molecular weight excluding hydrogens is 444 g/mol. The Labute approximate surface area is 171 Å². The molecule has 0 saturated heterocycles. The quantitative estimate of drug-likeness (QED) is 0.494. The lowest BCUT2D eigenvalue weighted by Crippen LogP contribution is -2.23. The van der Waals surface area contributed by atoms with E-state index in [0.717, 1.165) is 15.6 Å². The standard InChI is InChI=1S/C19H13BrN4O3S/c20-13-5-3-12(4-6-13)17-22-19-24(23-17)18(26)15(28-19)9-11-1-7-14(8-2-11)27-10-16(21)25/h1-9H,10H2,(H2,21,25). The number of rotatable bonds is 5. The second kappa shape index (κ2) is 7.53. The zero-order valence-electron chi connectivity index (χ0n) is 14.3. The highest BCUT2D eigenvalue weighted by Gasteiger charge is 2.12. The van der Waals surface area contributed by atoms with Crippen LogP contribution in [0.25, 0.3) is 22.4 Å². The first-order valence-corrected chi connectivity index (χ1v) is 9.79. The van der Waals surface area contributed by atoms with Crippen molar-refractivity contribution in [3.05, 3.63) is 73.5 Å². The van der Waals surface area contributed by atoms with Crippen LogP contribution in [0, 0.1) is 0 Å². The Kier molecular flexibility index (Phi) is 4.93. The SMILES string of the molecule is NC(=O)COc1ccc(C=c2sc3nc(-c4ccc(Br)cc4)nn3c2=O)cc1. The Hall–Kier alpha value is -3.04. The first kappa shape index (κ1) is 18.3. The van der Waals surface area contributed by atoms with E-state index in [9.17, 15) is 9.59 Å². The smallest absolute Gasteiger partial charge is 0.291 e. The minimum Gasteiger partial charge on any atom is -0.484 e. The maximum absolute atomic E-state index is 12.6. The number of carbonyl (C=O) groups is 1. The minimum atomic E-state index is -0.538. The lowest BCUT2D eigenvalue weighted by Gasteiger charge is -2.03. The number of amides is 1. The van der Waals surface area contributed by atoms with Gasteiger partial charge in [0.15, 0.2) is 12.4 Å². The number of nitrogens with two attached hydrogens (primary N) is 1. The number of carbonyl (C=O) groups excluding carboxylic acids is 1. The summed E-state index contributed by atoms with van der Waals surface area (Å²) in [7, 11) is 0. The van der Waals surface area contributed by atoms with Crippen molar-refractivity contribution >= 4 is 44.2 Å². The number of nitrogens with zero attached hydrogens (tertiary/aromatic N) is 3. The third-order valence-corrected chi connectivity index (χ3v) is 5.33. The summed E-state index contributed by atoms with van der Waals surface area (Å²) in [5.74, 6) is 0.502. The van der Waals surface area contributed by atoms with Crippen LogP contribution in [-0.4, -0.2) is 27.1 Å². The molecule has 0 aliphatic rings. The first-order valence-electron chi connectivity index (χ1n) is 8.18. The summed E-state index contributed by atoms with van der Waals surface area (Å²) in [6.07, 6.45) is 1.76. The second-order valence-electron chi connectivity index (χ2n) is 5.88. The molecule has 0 spiro atoms. The number of hydrogen-bond donors (Lipinski definition) is 1. The third kappa shape index (κ3) is 3.80. The third-order valence-electron chi connectivity index (χ3n) is 3.84. The van der Waals surface area contributed by atoms with Gasteiger partial charge in [-0.05, 0) is 35.9 Å². The monoisotopic (exact) mass is 456 g/mol. The van der Waals surface area contributed by atoms with E-state index in [-0.39, 0.29) is 12.2 Å². The van der Waals surface area contributed by atoms with Gasteiger partial charge >= 0.3 is 0 Å². The number of fused-ring (bicyclic) bond motifs is 1. The van der Waals surface area contributed by atoms with Crippen LogP contribution in [0.15, 0.2) is 57.8 Å². The van der Waals surface area contributed by atoms with Gasteiger partial charge in [-0.3, -0.25) is 9.59 Å². The van der Waals surface area contributed by atoms with Crippen LogP contribution in [-0.2, 0) is 4.79 Å². The van der Waals surface area contributed by atoms with Crippen LogP contribution < -0.4 is 20.6 Å². The second-order valence-corrected chi connectivity index (χ2v) is 7.80. The molecule has 0 radical (unpaired) electrons. The summed E-state index contributed by atoms with van der Waals surface area (Å²) in [5.41, 5.74) is 6.50. The summed E-state index contributed by atoms with van der Waals surface area (Å²) in [5, 5.41) is 4.33. The van der Waals surface area contributed by atoms with Gasteiger partial charge in [-0.2, -0.15) is 9.50 Å². The average Bonchev–Trinajstić information content (AvgIpc) is 3.22. The molecule has 4 rings (SSSR count). The van der Waals surface area contributed by atoms with Gasteiger partial charge < -0.3 is 10.5 Å². The Morgan fingerprint density at radius 2 is 1.89 bits per heavy atom. The molecule has 2 aromatic heterocycles. The maximum atomic E-state index is 12.6. The number of primary amides is 1. The zero-order chi connectivity index (χ0) is 19.7. The van der Waals surface area contributed by atoms with Crippen LogP contribution in [0.1, 0.15) is 5.56 Å². The van der Waals surface area contributed by atoms with Crippen molar-refractivity contribution < 1.29 is 9.53 Å². The molecule has 4 aromatic rings. The van der Waals surface area contributed by atoms with E-state index in [0.29, 0.717) is 21.1 Å². The van der Waals surface area contributed by atoms with Gasteiger partial charge in [0.05, 0.1) is 4.53 Å². The molecule has 0 aliphatic heterocycles. The van der Waals surface area contributed by atoms with E-state index >= 15 is 0 Å². The number of thiazole rings is 1. The van der Waals surface area contributed by atoms with Gasteiger partial charge in [-0.15, -0.1) is 5.10 Å². The highest BCUT2D eigenvalue weighted by molar-refractivity contribution is 9.10. The van der Waals surface area contributed by atoms with E-state index in [1.54, 1.807) is 30.3 Å². The lowest BCUT2D eigenvalue weighted by atomic mass is 10.2. The first-order chi connectivity index (χ1) is 13.5. The largest absolute Gasteiger partial charge is 0.484 e. The molecule has 0 aliphatic carbocycles. The van der Waals surface area contributed by atoms with Gasteiger partial charge in [0.25, 0.3) is 11.5 Å². The minimum absolute atomic E-state index is 0.178. The molecule has 2 N–H and O–H groups in total. The summed E-state index contributed by atoms with van der Waals surface area (Å²) in [4.78, 5) is 28.4. The number of aromatic nitrogens is 3. The summed E-state index contributed by atoms with van der Waals surface area (Å²) in [6.45, 7) is -0.178.